The summed E-state index contributed by atoms with van der Waals surface area (Å²) in [4.78, 5) is 10.4. The zero-order chi connectivity index (χ0) is 17.8. The molecule has 2 unspecified atom stereocenters. The topological polar surface area (TPSA) is 77.8 Å². The van der Waals surface area contributed by atoms with Crippen LogP contribution in [0.25, 0.3) is 0 Å². The van der Waals surface area contributed by atoms with Crippen LogP contribution in [0.3, 0.4) is 0 Å². The number of unbranched alkanes of at least 4 members (excludes halogenated alkanes) is 3. The van der Waals surface area contributed by atoms with Crippen molar-refractivity contribution in [3.05, 3.63) is 12.2 Å². The summed E-state index contributed by atoms with van der Waals surface area (Å²) in [5.74, 6) is 5.65. The lowest BCUT2D eigenvalue weighted by Crippen LogP contribution is -2.18. The Morgan fingerprint density at radius 3 is 2.75 bits per heavy atom. The van der Waals surface area contributed by atoms with Crippen molar-refractivity contribution < 1.29 is 20.1 Å². The van der Waals surface area contributed by atoms with Crippen molar-refractivity contribution in [1.82, 2.24) is 0 Å². The zero-order valence-corrected chi connectivity index (χ0v) is 14.8. The van der Waals surface area contributed by atoms with Crippen LogP contribution < -0.4 is 0 Å². The van der Waals surface area contributed by atoms with Gasteiger partial charge in [-0.05, 0) is 44.9 Å². The molecule has 1 aliphatic rings. The molecule has 136 valence electrons. The fourth-order valence-electron chi connectivity index (χ4n) is 3.15. The van der Waals surface area contributed by atoms with Gasteiger partial charge in [-0.15, -0.1) is 0 Å². The Labute approximate surface area is 146 Å². The summed E-state index contributed by atoms with van der Waals surface area (Å²) in [6, 6.07) is 0. The molecule has 24 heavy (non-hydrogen) atoms. The molecule has 0 bridgehead atoms. The number of carboxylic acids is 1. The number of aliphatic carboxylic acids is 1. The van der Waals surface area contributed by atoms with E-state index in [4.69, 9.17) is 5.11 Å². The number of carbonyl (C=O) groups is 1. The van der Waals surface area contributed by atoms with E-state index in [1.165, 1.54) is 0 Å². The average molecular weight is 336 g/mol. The minimum Gasteiger partial charge on any atom is -0.481 e. The van der Waals surface area contributed by atoms with E-state index in [0.29, 0.717) is 6.42 Å². The SMILES string of the molecule is CCCCCC(O)C#C[C@H]1CCC(O)[C@@H]1CC=CCCCC(=O)O. The lowest BCUT2D eigenvalue weighted by Gasteiger charge is -2.16. The number of hydrogen-bond acceptors (Lipinski definition) is 3. The third kappa shape index (κ3) is 8.52. The fraction of sp³-hybridized carbons (Fsp3) is 0.750. The van der Waals surface area contributed by atoms with Crippen LogP contribution >= 0.6 is 0 Å². The van der Waals surface area contributed by atoms with Gasteiger partial charge in [0.2, 0.25) is 0 Å². The van der Waals surface area contributed by atoms with Gasteiger partial charge in [0.25, 0.3) is 0 Å². The molecule has 0 aromatic rings. The molecular weight excluding hydrogens is 304 g/mol. The summed E-state index contributed by atoms with van der Waals surface area (Å²) in [6.07, 6.45) is 11.1. The van der Waals surface area contributed by atoms with Gasteiger partial charge in [0.05, 0.1) is 6.10 Å². The zero-order valence-electron chi connectivity index (χ0n) is 14.8. The predicted octanol–water partition coefficient (Wildman–Crippen LogP) is 3.52. The van der Waals surface area contributed by atoms with Crippen LogP contribution in [0.4, 0.5) is 0 Å². The summed E-state index contributed by atoms with van der Waals surface area (Å²) in [5.41, 5.74) is 0. The molecule has 3 N–H and O–H groups in total. The quantitative estimate of drug-likeness (QED) is 0.324. The van der Waals surface area contributed by atoms with E-state index in [9.17, 15) is 15.0 Å². The van der Waals surface area contributed by atoms with E-state index in [-0.39, 0.29) is 24.4 Å². The number of allylic oxidation sites excluding steroid dienone is 2. The van der Waals surface area contributed by atoms with E-state index in [1.807, 2.05) is 12.2 Å². The molecular formula is C20H32O4. The second-order valence-corrected chi connectivity index (χ2v) is 6.71. The van der Waals surface area contributed by atoms with Gasteiger partial charge in [-0.25, -0.2) is 0 Å². The minimum atomic E-state index is -0.762. The molecule has 4 atom stereocenters. The van der Waals surface area contributed by atoms with Crippen molar-refractivity contribution in [2.24, 2.45) is 11.8 Å². The van der Waals surface area contributed by atoms with E-state index in [2.05, 4.69) is 18.8 Å². The van der Waals surface area contributed by atoms with Gasteiger partial charge in [-0.1, -0.05) is 43.8 Å². The molecule has 4 heteroatoms. The van der Waals surface area contributed by atoms with Crippen LogP contribution in [0.2, 0.25) is 0 Å². The van der Waals surface area contributed by atoms with Crippen LogP contribution in [-0.2, 0) is 4.79 Å². The fourth-order valence-corrected chi connectivity index (χ4v) is 3.15. The molecule has 1 saturated carbocycles. The highest BCUT2D eigenvalue weighted by molar-refractivity contribution is 5.66. The standard InChI is InChI=1S/C20H32O4/c1-2-3-6-9-17(21)14-12-16-13-15-19(22)18(16)10-7-4-5-8-11-20(23)24/h4,7,16-19,21-22H,2-3,5-6,8-11,13,15H2,1H3,(H,23,24)/t16-,17?,18+,19?/m0/s1. The van der Waals surface area contributed by atoms with E-state index in [1.54, 1.807) is 0 Å². The van der Waals surface area contributed by atoms with E-state index < -0.39 is 12.1 Å². The molecule has 0 spiro atoms. The molecule has 0 radical (unpaired) electrons. The van der Waals surface area contributed by atoms with Crippen molar-refractivity contribution in [2.45, 2.75) is 83.3 Å². The monoisotopic (exact) mass is 336 g/mol. The van der Waals surface area contributed by atoms with Gasteiger partial charge in [-0.3, -0.25) is 4.79 Å². The van der Waals surface area contributed by atoms with Crippen molar-refractivity contribution >= 4 is 5.97 Å². The van der Waals surface area contributed by atoms with Crippen molar-refractivity contribution in [3.8, 4) is 11.8 Å². The van der Waals surface area contributed by atoms with Crippen molar-refractivity contribution in [1.29, 1.82) is 0 Å². The van der Waals surface area contributed by atoms with Gasteiger partial charge < -0.3 is 15.3 Å². The highest BCUT2D eigenvalue weighted by Gasteiger charge is 2.32. The first-order valence-electron chi connectivity index (χ1n) is 9.28. The summed E-state index contributed by atoms with van der Waals surface area (Å²) < 4.78 is 0. The highest BCUT2D eigenvalue weighted by atomic mass is 16.4. The second-order valence-electron chi connectivity index (χ2n) is 6.71. The maximum Gasteiger partial charge on any atom is 0.303 e. The Kier molecular flexibility index (Phi) is 10.5. The summed E-state index contributed by atoms with van der Waals surface area (Å²) in [5, 5.41) is 28.6. The molecule has 0 amide bonds. The van der Waals surface area contributed by atoms with Crippen LogP contribution in [0.1, 0.15) is 71.1 Å². The third-order valence-electron chi connectivity index (χ3n) is 4.64. The van der Waals surface area contributed by atoms with Gasteiger partial charge in [-0.2, -0.15) is 0 Å². The third-order valence-corrected chi connectivity index (χ3v) is 4.64. The molecule has 0 aromatic heterocycles. The van der Waals surface area contributed by atoms with Gasteiger partial charge >= 0.3 is 5.97 Å². The molecule has 4 nitrogen and oxygen atoms in total. The largest absolute Gasteiger partial charge is 0.481 e. The van der Waals surface area contributed by atoms with Crippen molar-refractivity contribution in [3.63, 3.8) is 0 Å². The second kappa shape index (κ2) is 12.1. The molecule has 0 aromatic carbocycles. The van der Waals surface area contributed by atoms with Gasteiger partial charge in [0, 0.05) is 18.3 Å². The molecule has 1 fully saturated rings. The Balaban J connectivity index is 2.39. The minimum absolute atomic E-state index is 0.121. The highest BCUT2D eigenvalue weighted by Crippen LogP contribution is 2.34. The summed E-state index contributed by atoms with van der Waals surface area (Å²) >= 11 is 0. The number of hydrogen-bond donors (Lipinski definition) is 3. The molecule has 0 heterocycles. The van der Waals surface area contributed by atoms with Crippen LogP contribution in [0.5, 0.6) is 0 Å². The van der Waals surface area contributed by atoms with Crippen molar-refractivity contribution in [2.75, 3.05) is 0 Å². The first-order chi connectivity index (χ1) is 11.5. The number of rotatable bonds is 10. The summed E-state index contributed by atoms with van der Waals surface area (Å²) in [6.45, 7) is 2.14. The van der Waals surface area contributed by atoms with Crippen LogP contribution in [0.15, 0.2) is 12.2 Å². The Morgan fingerprint density at radius 2 is 2.04 bits per heavy atom. The molecule has 1 rings (SSSR count). The summed E-state index contributed by atoms with van der Waals surface area (Å²) in [7, 11) is 0. The maximum absolute atomic E-state index is 10.4. The smallest absolute Gasteiger partial charge is 0.303 e. The lowest BCUT2D eigenvalue weighted by molar-refractivity contribution is -0.137. The Hall–Kier alpha value is -1.31. The normalized spacial score (nSPS) is 24.7. The van der Waals surface area contributed by atoms with Crippen LogP contribution in [0, 0.1) is 23.7 Å². The Bertz CT molecular complexity index is 446. The lowest BCUT2D eigenvalue weighted by atomic mass is 9.91. The Morgan fingerprint density at radius 1 is 1.25 bits per heavy atom. The average Bonchev–Trinajstić information content (AvgIpc) is 2.89. The molecule has 1 aliphatic carbocycles. The van der Waals surface area contributed by atoms with Gasteiger partial charge in [0.15, 0.2) is 0 Å². The molecule has 0 aliphatic heterocycles. The molecule has 0 saturated heterocycles. The first kappa shape index (κ1) is 20.7. The van der Waals surface area contributed by atoms with E-state index in [0.717, 1.165) is 51.4 Å². The first-order valence-corrected chi connectivity index (χ1v) is 9.28. The number of aliphatic hydroxyl groups excluding tert-OH is 2. The maximum atomic E-state index is 10.4. The van der Waals surface area contributed by atoms with E-state index >= 15 is 0 Å². The number of carboxylic acid groups (broad SMARTS) is 1. The number of aliphatic hydroxyl groups is 2. The predicted molar refractivity (Wildman–Crippen MR) is 95.4 cm³/mol. The van der Waals surface area contributed by atoms with Crippen LogP contribution in [-0.4, -0.2) is 33.5 Å². The van der Waals surface area contributed by atoms with Gasteiger partial charge in [0.1, 0.15) is 6.10 Å².